The van der Waals surface area contributed by atoms with Crippen molar-refractivity contribution >= 4 is 11.8 Å². The van der Waals surface area contributed by atoms with Gasteiger partial charge in [0, 0.05) is 5.70 Å². The molecular weight excluding hydrogens is 374 g/mol. The van der Waals surface area contributed by atoms with E-state index in [1.807, 2.05) is 6.08 Å². The van der Waals surface area contributed by atoms with E-state index in [2.05, 4.69) is 83.7 Å². The Balaban J connectivity index is 0.000000407. The van der Waals surface area contributed by atoms with E-state index < -0.39 is 0 Å². The summed E-state index contributed by atoms with van der Waals surface area (Å²) in [6, 6.07) is 15.5. The van der Waals surface area contributed by atoms with Gasteiger partial charge in [-0.05, 0) is 71.4 Å². The second kappa shape index (κ2) is 8.61. The first kappa shape index (κ1) is 21.8. The molecule has 1 heterocycles. The number of nitrogens with zero attached hydrogens (tertiary/aromatic N) is 1. The van der Waals surface area contributed by atoms with Crippen molar-refractivity contribution in [2.45, 2.75) is 72.6 Å². The fourth-order valence-electron chi connectivity index (χ4n) is 5.26. The van der Waals surface area contributed by atoms with Gasteiger partial charge in [-0.25, -0.2) is 0 Å². The van der Waals surface area contributed by atoms with E-state index in [1.165, 1.54) is 64.1 Å². The van der Waals surface area contributed by atoms with Crippen molar-refractivity contribution in [3.63, 3.8) is 0 Å². The Morgan fingerprint density at radius 1 is 1.10 bits per heavy atom. The summed E-state index contributed by atoms with van der Waals surface area (Å²) in [5.74, 6) is 1.39. The van der Waals surface area contributed by atoms with E-state index >= 15 is 0 Å². The van der Waals surface area contributed by atoms with E-state index in [9.17, 15) is 0 Å². The van der Waals surface area contributed by atoms with Crippen LogP contribution in [0.3, 0.4) is 0 Å². The first-order valence-electron chi connectivity index (χ1n) is 12.0. The maximum atomic E-state index is 5.13. The molecule has 1 nitrogen and oxygen atoms in total. The molecular formula is C30H37N. The maximum Gasteiger partial charge on any atom is 0.0598 e. The average molecular weight is 412 g/mol. The van der Waals surface area contributed by atoms with Crippen molar-refractivity contribution in [1.82, 2.24) is 0 Å². The highest BCUT2D eigenvalue weighted by molar-refractivity contribution is 6.10. The van der Waals surface area contributed by atoms with Gasteiger partial charge in [0.2, 0.25) is 0 Å². The summed E-state index contributed by atoms with van der Waals surface area (Å²) in [6.45, 7) is 15.4. The van der Waals surface area contributed by atoms with Crippen LogP contribution in [0.15, 0.2) is 65.3 Å². The van der Waals surface area contributed by atoms with E-state index in [0.29, 0.717) is 0 Å². The summed E-state index contributed by atoms with van der Waals surface area (Å²) in [5, 5.41) is 0. The lowest BCUT2D eigenvalue weighted by Crippen LogP contribution is -2.22. The van der Waals surface area contributed by atoms with E-state index in [1.54, 1.807) is 0 Å². The van der Waals surface area contributed by atoms with E-state index in [4.69, 9.17) is 4.99 Å². The highest BCUT2D eigenvalue weighted by Gasteiger charge is 2.42. The quantitative estimate of drug-likeness (QED) is 0.482. The van der Waals surface area contributed by atoms with Gasteiger partial charge >= 0.3 is 0 Å². The Morgan fingerprint density at radius 2 is 1.84 bits per heavy atom. The zero-order valence-corrected chi connectivity index (χ0v) is 20.0. The lowest BCUT2D eigenvalue weighted by Gasteiger charge is -2.30. The molecule has 1 atom stereocenters. The molecule has 3 aliphatic rings. The number of hydrogen-bond acceptors (Lipinski definition) is 1. The van der Waals surface area contributed by atoms with Crippen molar-refractivity contribution in [2.75, 3.05) is 0 Å². The summed E-state index contributed by atoms with van der Waals surface area (Å²) >= 11 is 0. The van der Waals surface area contributed by atoms with Gasteiger partial charge in [-0.2, -0.15) is 0 Å². The third-order valence-corrected chi connectivity index (χ3v) is 7.40. The number of rotatable bonds is 3. The lowest BCUT2D eigenvalue weighted by atomic mass is 9.72. The Labute approximate surface area is 189 Å². The molecule has 0 bridgehead atoms. The van der Waals surface area contributed by atoms with Gasteiger partial charge in [-0.3, -0.25) is 4.99 Å². The van der Waals surface area contributed by atoms with Crippen LogP contribution in [0.5, 0.6) is 0 Å². The molecule has 0 spiro atoms. The summed E-state index contributed by atoms with van der Waals surface area (Å²) in [6.07, 6.45) is 8.67. The van der Waals surface area contributed by atoms with Gasteiger partial charge < -0.3 is 0 Å². The van der Waals surface area contributed by atoms with E-state index in [0.717, 1.165) is 18.8 Å². The highest BCUT2D eigenvalue weighted by atomic mass is 14.8. The molecule has 31 heavy (non-hydrogen) atoms. The van der Waals surface area contributed by atoms with Crippen LogP contribution in [0.25, 0.3) is 6.08 Å². The molecule has 1 heteroatoms. The number of benzene rings is 2. The molecule has 0 N–H and O–H groups in total. The van der Waals surface area contributed by atoms with Crippen LogP contribution in [0.1, 0.15) is 87.1 Å². The summed E-state index contributed by atoms with van der Waals surface area (Å²) in [4.78, 5) is 5.13. The molecule has 162 valence electrons. The van der Waals surface area contributed by atoms with Gasteiger partial charge in [0.1, 0.15) is 0 Å². The Bertz CT molecular complexity index is 1050. The Kier molecular flexibility index (Phi) is 6.06. The standard InChI is InChI=1S/C25H27N.C5H10/c1-6-18-11-12-19-13-14-25(4,5)23-17(3)26-24(22(23)21(19)15-18)20-10-8-7-9-16(20)2;1-2-5-3-4-5/h6-12,15,22H,1,13-14H2,2-5H3;5H,2-4H2,1H3. The molecule has 0 aromatic heterocycles. The molecule has 0 saturated heterocycles. The van der Waals surface area contributed by atoms with Gasteiger partial charge in [0.25, 0.3) is 0 Å². The van der Waals surface area contributed by atoms with Crippen molar-refractivity contribution in [1.29, 1.82) is 0 Å². The molecule has 1 saturated carbocycles. The minimum absolute atomic E-state index is 0.149. The number of hydrogen-bond donors (Lipinski definition) is 0. The molecule has 5 rings (SSSR count). The number of aryl methyl sites for hydroxylation is 2. The van der Waals surface area contributed by atoms with Crippen LogP contribution in [0, 0.1) is 18.3 Å². The second-order valence-electron chi connectivity index (χ2n) is 10.1. The summed E-state index contributed by atoms with van der Waals surface area (Å²) in [5.41, 5.74) is 10.7. The van der Waals surface area contributed by atoms with Gasteiger partial charge in [0.05, 0.1) is 11.6 Å². The smallest absolute Gasteiger partial charge is 0.0598 e. The number of allylic oxidation sites excluding steroid dienone is 2. The zero-order chi connectivity index (χ0) is 22.2. The van der Waals surface area contributed by atoms with Crippen LogP contribution in [-0.2, 0) is 6.42 Å². The maximum absolute atomic E-state index is 5.13. The minimum atomic E-state index is 0.149. The van der Waals surface area contributed by atoms with Gasteiger partial charge in [0.15, 0.2) is 0 Å². The van der Waals surface area contributed by atoms with Crippen LogP contribution in [0.2, 0.25) is 0 Å². The monoisotopic (exact) mass is 411 g/mol. The van der Waals surface area contributed by atoms with Crippen molar-refractivity contribution in [2.24, 2.45) is 16.3 Å². The Hall–Kier alpha value is -2.41. The third kappa shape index (κ3) is 4.33. The van der Waals surface area contributed by atoms with Crippen LogP contribution < -0.4 is 0 Å². The zero-order valence-electron chi connectivity index (χ0n) is 20.0. The normalized spacial score (nSPS) is 21.3. The molecule has 1 fully saturated rings. The molecule has 2 aliphatic carbocycles. The largest absolute Gasteiger partial charge is 0.257 e. The first-order chi connectivity index (χ1) is 14.9. The summed E-state index contributed by atoms with van der Waals surface area (Å²) in [7, 11) is 0. The van der Waals surface area contributed by atoms with Crippen LogP contribution in [0.4, 0.5) is 0 Å². The average Bonchev–Trinajstić information content (AvgIpc) is 3.55. The van der Waals surface area contributed by atoms with Gasteiger partial charge in [-0.15, -0.1) is 0 Å². The Morgan fingerprint density at radius 3 is 2.45 bits per heavy atom. The van der Waals surface area contributed by atoms with E-state index in [-0.39, 0.29) is 11.3 Å². The fraction of sp³-hybridized carbons (Fsp3) is 0.433. The molecule has 1 aliphatic heterocycles. The molecule has 0 radical (unpaired) electrons. The highest BCUT2D eigenvalue weighted by Crippen LogP contribution is 2.51. The molecule has 0 amide bonds. The first-order valence-corrected chi connectivity index (χ1v) is 12.0. The van der Waals surface area contributed by atoms with Crippen LogP contribution >= 0.6 is 0 Å². The molecule has 2 aromatic rings. The number of fused-ring (bicyclic) bond motifs is 3. The lowest BCUT2D eigenvalue weighted by molar-refractivity contribution is 0.403. The predicted molar refractivity (Wildman–Crippen MR) is 135 cm³/mol. The SMILES string of the molecule is C=Cc1ccc2c(c1)C1C(c3ccccc3C)=NC(C)=C1C(C)(C)CC2.CCC1CC1. The predicted octanol–water partition coefficient (Wildman–Crippen LogP) is 8.28. The minimum Gasteiger partial charge on any atom is -0.257 e. The van der Waals surface area contributed by atoms with Crippen molar-refractivity contribution in [3.05, 3.63) is 88.1 Å². The van der Waals surface area contributed by atoms with Crippen molar-refractivity contribution < 1.29 is 0 Å². The third-order valence-electron chi connectivity index (χ3n) is 7.40. The number of aliphatic imine (C=N–C) groups is 1. The van der Waals surface area contributed by atoms with Crippen LogP contribution in [-0.4, -0.2) is 5.71 Å². The fourth-order valence-corrected chi connectivity index (χ4v) is 5.26. The topological polar surface area (TPSA) is 12.4 Å². The molecule has 1 unspecified atom stereocenters. The second-order valence-corrected chi connectivity index (χ2v) is 10.1. The molecule has 2 aromatic carbocycles. The van der Waals surface area contributed by atoms with Gasteiger partial charge in [-0.1, -0.05) is 95.2 Å². The summed E-state index contributed by atoms with van der Waals surface area (Å²) < 4.78 is 0. The van der Waals surface area contributed by atoms with Crippen molar-refractivity contribution in [3.8, 4) is 0 Å².